The third-order valence-corrected chi connectivity index (χ3v) is 4.66. The first-order valence-electron chi connectivity index (χ1n) is 6.80. The summed E-state index contributed by atoms with van der Waals surface area (Å²) < 4.78 is 39.6. The SMILES string of the molecule is CN1C(=O)C2(CC=CC(=O)N2CC(F)(F)F)c2ccc(Br)cc21. The number of halogens is 4. The third kappa shape index (κ3) is 2.36. The summed E-state index contributed by atoms with van der Waals surface area (Å²) in [6, 6.07) is 4.91. The Labute approximate surface area is 138 Å². The Balaban J connectivity index is 2.21. The Kier molecular flexibility index (Phi) is 3.55. The molecule has 4 nitrogen and oxygen atoms in total. The molecule has 1 aromatic rings. The summed E-state index contributed by atoms with van der Waals surface area (Å²) in [5, 5.41) is 0. The number of carbonyl (C=O) groups is 2. The summed E-state index contributed by atoms with van der Waals surface area (Å²) >= 11 is 3.29. The van der Waals surface area contributed by atoms with E-state index in [1.54, 1.807) is 18.2 Å². The van der Waals surface area contributed by atoms with Crippen LogP contribution in [0.2, 0.25) is 0 Å². The van der Waals surface area contributed by atoms with E-state index in [0.717, 1.165) is 6.08 Å². The van der Waals surface area contributed by atoms with E-state index in [9.17, 15) is 22.8 Å². The quantitative estimate of drug-likeness (QED) is 0.741. The van der Waals surface area contributed by atoms with Crippen LogP contribution in [0.1, 0.15) is 12.0 Å². The number of nitrogens with zero attached hydrogens (tertiary/aromatic N) is 2. The van der Waals surface area contributed by atoms with Crippen molar-refractivity contribution in [1.82, 2.24) is 4.90 Å². The molecular formula is C15H12BrF3N2O2. The molecular weight excluding hydrogens is 377 g/mol. The summed E-state index contributed by atoms with van der Waals surface area (Å²) in [5.41, 5.74) is -0.721. The van der Waals surface area contributed by atoms with Gasteiger partial charge in [-0.3, -0.25) is 9.59 Å². The van der Waals surface area contributed by atoms with Crippen LogP contribution in [0.4, 0.5) is 18.9 Å². The van der Waals surface area contributed by atoms with Crippen LogP contribution in [0.5, 0.6) is 0 Å². The molecule has 2 amide bonds. The number of hydrogen-bond donors (Lipinski definition) is 0. The first-order valence-corrected chi connectivity index (χ1v) is 7.59. The van der Waals surface area contributed by atoms with Gasteiger partial charge in [-0.1, -0.05) is 28.1 Å². The van der Waals surface area contributed by atoms with Crippen molar-refractivity contribution in [3.05, 3.63) is 40.4 Å². The monoisotopic (exact) mass is 388 g/mol. The number of hydrogen-bond acceptors (Lipinski definition) is 2. The molecule has 122 valence electrons. The van der Waals surface area contributed by atoms with Gasteiger partial charge in [0.05, 0.1) is 5.69 Å². The normalized spacial score (nSPS) is 23.9. The van der Waals surface area contributed by atoms with Gasteiger partial charge >= 0.3 is 6.18 Å². The van der Waals surface area contributed by atoms with Crippen LogP contribution in [0.15, 0.2) is 34.8 Å². The Morgan fingerprint density at radius 3 is 2.65 bits per heavy atom. The summed E-state index contributed by atoms with van der Waals surface area (Å²) in [6.45, 7) is -1.47. The fourth-order valence-corrected chi connectivity index (χ4v) is 3.55. The van der Waals surface area contributed by atoms with Crippen molar-refractivity contribution in [3.8, 4) is 0 Å². The van der Waals surface area contributed by atoms with Gasteiger partial charge in [0, 0.05) is 23.5 Å². The van der Waals surface area contributed by atoms with Crippen molar-refractivity contribution in [3.63, 3.8) is 0 Å². The van der Waals surface area contributed by atoms with Gasteiger partial charge in [-0.25, -0.2) is 0 Å². The predicted molar refractivity (Wildman–Crippen MR) is 80.8 cm³/mol. The fourth-order valence-electron chi connectivity index (χ4n) is 3.20. The Hall–Kier alpha value is -1.83. The van der Waals surface area contributed by atoms with E-state index in [-0.39, 0.29) is 6.42 Å². The van der Waals surface area contributed by atoms with Gasteiger partial charge in [0.25, 0.3) is 5.91 Å². The van der Waals surface area contributed by atoms with Gasteiger partial charge in [-0.05, 0) is 18.2 Å². The minimum Gasteiger partial charge on any atom is -0.313 e. The summed E-state index contributed by atoms with van der Waals surface area (Å²) in [7, 11) is 1.50. The smallest absolute Gasteiger partial charge is 0.313 e. The Bertz CT molecular complexity index is 732. The highest BCUT2D eigenvalue weighted by Gasteiger charge is 2.57. The first kappa shape index (κ1) is 16.0. The molecule has 0 N–H and O–H groups in total. The average Bonchev–Trinajstić information content (AvgIpc) is 2.65. The molecule has 0 fully saturated rings. The van der Waals surface area contributed by atoms with E-state index < -0.39 is 30.1 Å². The highest BCUT2D eigenvalue weighted by Crippen LogP contribution is 2.48. The van der Waals surface area contributed by atoms with Crippen LogP contribution < -0.4 is 4.90 Å². The molecule has 2 aliphatic heterocycles. The molecule has 23 heavy (non-hydrogen) atoms. The number of likely N-dealkylation sites (N-methyl/N-ethyl adjacent to an activating group) is 1. The van der Waals surface area contributed by atoms with Gasteiger partial charge in [-0.15, -0.1) is 0 Å². The Morgan fingerprint density at radius 2 is 2.00 bits per heavy atom. The van der Waals surface area contributed by atoms with Crippen molar-refractivity contribution in [2.75, 3.05) is 18.5 Å². The zero-order valence-electron chi connectivity index (χ0n) is 12.0. The highest BCUT2D eigenvalue weighted by atomic mass is 79.9. The molecule has 2 aliphatic rings. The fraction of sp³-hybridized carbons (Fsp3) is 0.333. The molecule has 0 bridgehead atoms. The van der Waals surface area contributed by atoms with Crippen LogP contribution in [0.25, 0.3) is 0 Å². The zero-order chi connectivity index (χ0) is 17.0. The molecule has 0 aromatic heterocycles. The summed E-state index contributed by atoms with van der Waals surface area (Å²) in [4.78, 5) is 26.9. The van der Waals surface area contributed by atoms with Crippen LogP contribution >= 0.6 is 15.9 Å². The number of amides is 2. The largest absolute Gasteiger partial charge is 0.406 e. The van der Waals surface area contributed by atoms with Gasteiger partial charge in [0.2, 0.25) is 5.91 Å². The number of carbonyl (C=O) groups excluding carboxylic acids is 2. The van der Waals surface area contributed by atoms with Crippen molar-refractivity contribution >= 4 is 33.4 Å². The van der Waals surface area contributed by atoms with Crippen molar-refractivity contribution in [2.45, 2.75) is 18.1 Å². The van der Waals surface area contributed by atoms with Crippen LogP contribution in [0, 0.1) is 0 Å². The van der Waals surface area contributed by atoms with E-state index in [1.165, 1.54) is 18.0 Å². The van der Waals surface area contributed by atoms with Gasteiger partial charge in [0.15, 0.2) is 5.54 Å². The Morgan fingerprint density at radius 1 is 1.30 bits per heavy atom. The maximum absolute atomic E-state index is 13.0. The van der Waals surface area contributed by atoms with E-state index in [1.807, 2.05) is 0 Å². The lowest BCUT2D eigenvalue weighted by atomic mass is 9.83. The second kappa shape index (κ2) is 5.09. The van der Waals surface area contributed by atoms with Gasteiger partial charge < -0.3 is 9.80 Å². The highest BCUT2D eigenvalue weighted by molar-refractivity contribution is 9.10. The van der Waals surface area contributed by atoms with E-state index >= 15 is 0 Å². The molecule has 1 aromatic carbocycles. The molecule has 8 heteroatoms. The number of fused-ring (bicyclic) bond motifs is 2. The van der Waals surface area contributed by atoms with Crippen LogP contribution in [0.3, 0.4) is 0 Å². The first-order chi connectivity index (χ1) is 10.7. The molecule has 2 heterocycles. The van der Waals surface area contributed by atoms with Crippen molar-refractivity contribution < 1.29 is 22.8 Å². The van der Waals surface area contributed by atoms with E-state index in [0.29, 0.717) is 20.6 Å². The zero-order valence-corrected chi connectivity index (χ0v) is 13.6. The second-order valence-electron chi connectivity index (χ2n) is 5.53. The molecule has 1 atom stereocenters. The maximum Gasteiger partial charge on any atom is 0.406 e. The predicted octanol–water partition coefficient (Wildman–Crippen LogP) is 2.97. The van der Waals surface area contributed by atoms with Crippen molar-refractivity contribution in [1.29, 1.82) is 0 Å². The van der Waals surface area contributed by atoms with Crippen LogP contribution in [-0.2, 0) is 15.1 Å². The molecule has 0 saturated carbocycles. The summed E-state index contributed by atoms with van der Waals surface area (Å²) in [6.07, 6.45) is -2.03. The molecule has 1 spiro atoms. The van der Waals surface area contributed by atoms with Crippen molar-refractivity contribution in [2.24, 2.45) is 0 Å². The standard InChI is InChI=1S/C15H12BrF3N2O2/c1-20-11-7-9(16)4-5-10(11)14(13(20)23)6-2-3-12(22)21(14)8-15(17,18)19/h2-5,7H,6,8H2,1H3. The molecule has 0 saturated heterocycles. The van der Waals surface area contributed by atoms with Crippen LogP contribution in [-0.4, -0.2) is 36.5 Å². The number of anilines is 1. The second-order valence-corrected chi connectivity index (χ2v) is 6.45. The molecule has 0 aliphatic carbocycles. The lowest BCUT2D eigenvalue weighted by Gasteiger charge is -2.41. The molecule has 3 rings (SSSR count). The number of alkyl halides is 3. The molecule has 1 unspecified atom stereocenters. The minimum absolute atomic E-state index is 0.0205. The average molecular weight is 389 g/mol. The van der Waals surface area contributed by atoms with E-state index in [4.69, 9.17) is 0 Å². The summed E-state index contributed by atoms with van der Waals surface area (Å²) in [5.74, 6) is -1.35. The van der Waals surface area contributed by atoms with Gasteiger partial charge in [-0.2, -0.15) is 13.2 Å². The topological polar surface area (TPSA) is 40.6 Å². The lowest BCUT2D eigenvalue weighted by molar-refractivity contribution is -0.174. The number of rotatable bonds is 1. The van der Waals surface area contributed by atoms with E-state index in [2.05, 4.69) is 15.9 Å². The lowest BCUT2D eigenvalue weighted by Crippen LogP contribution is -2.58. The van der Waals surface area contributed by atoms with Gasteiger partial charge in [0.1, 0.15) is 6.54 Å². The number of benzene rings is 1. The third-order valence-electron chi connectivity index (χ3n) is 4.16. The maximum atomic E-state index is 13.0. The molecule has 0 radical (unpaired) electrons. The minimum atomic E-state index is -4.59.